The standard InChI is InChI=1S/C8H8N2O.C2H6/c1-5-3-4-7-8(9-5)10-6(2)11-7;1-2/h3-4H,1-2H3;1-2H3. The molecule has 13 heavy (non-hydrogen) atoms. The topological polar surface area (TPSA) is 38.9 Å². The lowest BCUT2D eigenvalue weighted by molar-refractivity contribution is 0.561. The summed E-state index contributed by atoms with van der Waals surface area (Å²) in [5.41, 5.74) is 2.42. The molecule has 0 N–H and O–H groups in total. The van der Waals surface area contributed by atoms with Crippen molar-refractivity contribution in [2.24, 2.45) is 0 Å². The van der Waals surface area contributed by atoms with Crippen molar-refractivity contribution in [1.29, 1.82) is 0 Å². The third-order valence-corrected chi connectivity index (χ3v) is 1.50. The number of aryl methyl sites for hydroxylation is 2. The van der Waals surface area contributed by atoms with E-state index < -0.39 is 0 Å². The molecule has 3 heteroatoms. The summed E-state index contributed by atoms with van der Waals surface area (Å²) in [4.78, 5) is 8.29. The van der Waals surface area contributed by atoms with Crippen LogP contribution in [0.2, 0.25) is 0 Å². The normalized spacial score (nSPS) is 9.54. The summed E-state index contributed by atoms with van der Waals surface area (Å²) in [7, 11) is 0. The zero-order valence-corrected chi connectivity index (χ0v) is 8.46. The minimum Gasteiger partial charge on any atom is -0.439 e. The molecular formula is C10H14N2O. The number of rotatable bonds is 0. The van der Waals surface area contributed by atoms with Crippen LogP contribution in [0.25, 0.3) is 11.2 Å². The Balaban J connectivity index is 0.000000396. The first kappa shape index (κ1) is 9.71. The summed E-state index contributed by atoms with van der Waals surface area (Å²) in [6.07, 6.45) is 0. The van der Waals surface area contributed by atoms with Gasteiger partial charge in [-0.3, -0.25) is 0 Å². The molecule has 70 valence electrons. The number of oxazole rings is 1. The third-order valence-electron chi connectivity index (χ3n) is 1.50. The Morgan fingerprint density at radius 3 is 2.46 bits per heavy atom. The van der Waals surface area contributed by atoms with Crippen molar-refractivity contribution in [2.75, 3.05) is 0 Å². The fourth-order valence-corrected chi connectivity index (χ4v) is 1.02. The maximum atomic E-state index is 5.25. The van der Waals surface area contributed by atoms with Gasteiger partial charge in [-0.2, -0.15) is 4.98 Å². The second kappa shape index (κ2) is 4.03. The molecule has 3 nitrogen and oxygen atoms in total. The van der Waals surface area contributed by atoms with Gasteiger partial charge >= 0.3 is 0 Å². The first-order chi connectivity index (χ1) is 6.25. The summed E-state index contributed by atoms with van der Waals surface area (Å²) in [5, 5.41) is 0. The van der Waals surface area contributed by atoms with E-state index in [1.165, 1.54) is 0 Å². The average Bonchev–Trinajstić information content (AvgIpc) is 2.48. The van der Waals surface area contributed by atoms with Gasteiger partial charge in [0.1, 0.15) is 0 Å². The maximum Gasteiger partial charge on any atom is 0.199 e. The van der Waals surface area contributed by atoms with E-state index >= 15 is 0 Å². The Morgan fingerprint density at radius 2 is 1.77 bits per heavy atom. The molecule has 0 amide bonds. The van der Waals surface area contributed by atoms with Crippen LogP contribution in [0.3, 0.4) is 0 Å². The van der Waals surface area contributed by atoms with Gasteiger partial charge in [-0.25, -0.2) is 4.98 Å². The van der Waals surface area contributed by atoms with E-state index in [2.05, 4.69) is 9.97 Å². The van der Waals surface area contributed by atoms with Crippen molar-refractivity contribution in [3.63, 3.8) is 0 Å². The van der Waals surface area contributed by atoms with Gasteiger partial charge in [0.2, 0.25) is 0 Å². The van der Waals surface area contributed by atoms with Crippen LogP contribution in [0.15, 0.2) is 16.5 Å². The quantitative estimate of drug-likeness (QED) is 0.622. The molecule has 0 saturated carbocycles. The van der Waals surface area contributed by atoms with Crippen LogP contribution >= 0.6 is 0 Å². The van der Waals surface area contributed by atoms with Gasteiger partial charge in [-0.15, -0.1) is 0 Å². The van der Waals surface area contributed by atoms with Crippen molar-refractivity contribution >= 4 is 11.2 Å². The monoisotopic (exact) mass is 178 g/mol. The molecule has 2 aromatic rings. The Bertz CT molecular complexity index is 393. The van der Waals surface area contributed by atoms with Crippen LogP contribution in [0.4, 0.5) is 0 Å². The number of hydrogen-bond acceptors (Lipinski definition) is 3. The van der Waals surface area contributed by atoms with Crippen LogP contribution in [0.5, 0.6) is 0 Å². The molecule has 2 heterocycles. The van der Waals surface area contributed by atoms with Crippen molar-refractivity contribution in [3.05, 3.63) is 23.7 Å². The Morgan fingerprint density at radius 1 is 1.08 bits per heavy atom. The van der Waals surface area contributed by atoms with Gasteiger partial charge in [0.05, 0.1) is 0 Å². The van der Waals surface area contributed by atoms with E-state index in [0.717, 1.165) is 11.3 Å². The highest BCUT2D eigenvalue weighted by Crippen LogP contribution is 2.12. The molecule has 0 spiro atoms. The molecule has 0 radical (unpaired) electrons. The minimum absolute atomic E-state index is 0.665. The summed E-state index contributed by atoms with van der Waals surface area (Å²) >= 11 is 0. The van der Waals surface area contributed by atoms with Gasteiger partial charge in [-0.05, 0) is 19.1 Å². The fourth-order valence-electron chi connectivity index (χ4n) is 1.02. The smallest absolute Gasteiger partial charge is 0.199 e. The minimum atomic E-state index is 0.665. The molecule has 0 atom stereocenters. The van der Waals surface area contributed by atoms with Crippen LogP contribution < -0.4 is 0 Å². The predicted octanol–water partition coefficient (Wildman–Crippen LogP) is 2.87. The van der Waals surface area contributed by atoms with E-state index in [1.54, 1.807) is 0 Å². The molecule has 0 fully saturated rings. The van der Waals surface area contributed by atoms with E-state index in [9.17, 15) is 0 Å². The first-order valence-corrected chi connectivity index (χ1v) is 4.46. The highest BCUT2D eigenvalue weighted by atomic mass is 16.3. The van der Waals surface area contributed by atoms with E-state index in [4.69, 9.17) is 4.42 Å². The van der Waals surface area contributed by atoms with Gasteiger partial charge in [0.25, 0.3) is 0 Å². The van der Waals surface area contributed by atoms with Crippen molar-refractivity contribution in [3.8, 4) is 0 Å². The molecule has 0 aliphatic heterocycles. The molecule has 0 aromatic carbocycles. The lowest BCUT2D eigenvalue weighted by atomic mass is 10.4. The predicted molar refractivity (Wildman–Crippen MR) is 52.6 cm³/mol. The highest BCUT2D eigenvalue weighted by molar-refractivity contribution is 5.67. The largest absolute Gasteiger partial charge is 0.439 e. The Labute approximate surface area is 77.8 Å². The van der Waals surface area contributed by atoms with Crippen LogP contribution in [0.1, 0.15) is 25.4 Å². The van der Waals surface area contributed by atoms with Gasteiger partial charge < -0.3 is 4.42 Å². The van der Waals surface area contributed by atoms with E-state index in [-0.39, 0.29) is 0 Å². The fraction of sp³-hybridized carbons (Fsp3) is 0.400. The summed E-state index contributed by atoms with van der Waals surface area (Å²) in [5.74, 6) is 0.665. The zero-order chi connectivity index (χ0) is 9.84. The zero-order valence-electron chi connectivity index (χ0n) is 8.46. The van der Waals surface area contributed by atoms with Crippen LogP contribution in [-0.2, 0) is 0 Å². The third kappa shape index (κ3) is 2.05. The van der Waals surface area contributed by atoms with Gasteiger partial charge in [-0.1, -0.05) is 13.8 Å². The molecule has 0 aliphatic rings. The van der Waals surface area contributed by atoms with Crippen molar-refractivity contribution < 1.29 is 4.42 Å². The SMILES string of the molecule is CC.Cc1ccc2oc(C)nc2n1. The highest BCUT2D eigenvalue weighted by Gasteiger charge is 2.01. The Hall–Kier alpha value is -1.38. The molecule has 0 bridgehead atoms. The maximum absolute atomic E-state index is 5.25. The number of aromatic nitrogens is 2. The molecule has 0 saturated heterocycles. The van der Waals surface area contributed by atoms with Crippen molar-refractivity contribution in [2.45, 2.75) is 27.7 Å². The summed E-state index contributed by atoms with van der Waals surface area (Å²) < 4.78 is 5.25. The molecule has 2 aromatic heterocycles. The van der Waals surface area contributed by atoms with Crippen LogP contribution in [-0.4, -0.2) is 9.97 Å². The van der Waals surface area contributed by atoms with E-state index in [0.29, 0.717) is 11.5 Å². The number of pyridine rings is 1. The van der Waals surface area contributed by atoms with Crippen molar-refractivity contribution in [1.82, 2.24) is 9.97 Å². The molecule has 2 rings (SSSR count). The lowest BCUT2D eigenvalue weighted by Crippen LogP contribution is -1.79. The summed E-state index contributed by atoms with van der Waals surface area (Å²) in [6, 6.07) is 3.80. The number of nitrogens with zero attached hydrogens (tertiary/aromatic N) is 2. The lowest BCUT2D eigenvalue weighted by Gasteiger charge is -1.86. The van der Waals surface area contributed by atoms with Crippen LogP contribution in [0, 0.1) is 13.8 Å². The molecular weight excluding hydrogens is 164 g/mol. The molecule has 0 aliphatic carbocycles. The van der Waals surface area contributed by atoms with E-state index in [1.807, 2.05) is 39.8 Å². The molecule has 0 unspecified atom stereocenters. The average molecular weight is 178 g/mol. The second-order valence-electron chi connectivity index (χ2n) is 2.51. The number of hydrogen-bond donors (Lipinski definition) is 0. The van der Waals surface area contributed by atoms with Gasteiger partial charge in [0, 0.05) is 12.6 Å². The summed E-state index contributed by atoms with van der Waals surface area (Å²) in [6.45, 7) is 7.75. The van der Waals surface area contributed by atoms with Gasteiger partial charge in [0.15, 0.2) is 17.1 Å². The Kier molecular flexibility index (Phi) is 3.01. The number of fused-ring (bicyclic) bond motifs is 1. The second-order valence-corrected chi connectivity index (χ2v) is 2.51. The first-order valence-electron chi connectivity index (χ1n) is 4.46.